The van der Waals surface area contributed by atoms with E-state index in [0.29, 0.717) is 0 Å². The number of carbonyl (C=O) groups is 2. The molecule has 2 atom stereocenters. The molecular weight excluding hydrogens is 268 g/mol. The highest BCUT2D eigenvalue weighted by atomic mass is 32.2. The fourth-order valence-electron chi connectivity index (χ4n) is 1.70. The van der Waals surface area contributed by atoms with Gasteiger partial charge in [-0.15, -0.1) is 4.41 Å². The van der Waals surface area contributed by atoms with Crippen LogP contribution in [0.3, 0.4) is 0 Å². The average Bonchev–Trinajstić information content (AvgIpc) is 2.75. The predicted molar refractivity (Wildman–Crippen MR) is 74.6 cm³/mol. The van der Waals surface area contributed by atoms with Crippen molar-refractivity contribution in [3.8, 4) is 0 Å². The Balaban J connectivity index is 3.16. The summed E-state index contributed by atoms with van der Waals surface area (Å²) in [5, 5.41) is 10.3. The molecule has 2 amide bonds. The zero-order chi connectivity index (χ0) is 14.7. The van der Waals surface area contributed by atoms with Crippen LogP contribution in [0, 0.1) is 5.92 Å². The van der Waals surface area contributed by atoms with E-state index in [1.165, 1.54) is 16.8 Å². The molecule has 0 saturated carbocycles. The highest BCUT2D eigenvalue weighted by Gasteiger charge is 2.43. The summed E-state index contributed by atoms with van der Waals surface area (Å²) in [6.07, 6.45) is 2.31. The zero-order valence-electron chi connectivity index (χ0n) is 11.8. The maximum Gasteiger partial charge on any atom is 0.373 e. The maximum absolute atomic E-state index is 12.1. The highest BCUT2D eigenvalue weighted by Crippen LogP contribution is 2.30. The summed E-state index contributed by atoms with van der Waals surface area (Å²) >= 11 is 1.29. The number of carboxylic acid groups (broad SMARTS) is 1. The van der Waals surface area contributed by atoms with Gasteiger partial charge in [0.15, 0.2) is 0 Å². The van der Waals surface area contributed by atoms with Crippen molar-refractivity contribution in [3.63, 3.8) is 0 Å². The first-order valence-corrected chi connectivity index (χ1v) is 7.19. The molecule has 108 valence electrons. The van der Waals surface area contributed by atoms with Crippen molar-refractivity contribution in [1.29, 1.82) is 0 Å². The van der Waals surface area contributed by atoms with Crippen LogP contribution in [0.2, 0.25) is 0 Å². The Labute approximate surface area is 117 Å². The van der Waals surface area contributed by atoms with Crippen LogP contribution in [0.15, 0.2) is 4.99 Å². The van der Waals surface area contributed by atoms with E-state index in [9.17, 15) is 14.7 Å². The van der Waals surface area contributed by atoms with Gasteiger partial charge in [0.2, 0.25) is 5.84 Å². The normalized spacial score (nSPS) is 21.2. The van der Waals surface area contributed by atoms with Gasteiger partial charge in [-0.1, -0.05) is 32.2 Å². The topological polar surface area (TPSA) is 76.4 Å². The molecule has 0 saturated heterocycles. The minimum atomic E-state index is -1.19. The van der Waals surface area contributed by atoms with Gasteiger partial charge in [-0.05, 0) is 12.2 Å². The summed E-state index contributed by atoms with van der Waals surface area (Å²) in [6.45, 7) is 4.00. The summed E-state index contributed by atoms with van der Waals surface area (Å²) in [5.41, 5.74) is 0. The van der Waals surface area contributed by atoms with Crippen molar-refractivity contribution in [2.75, 3.05) is 20.4 Å². The SMILES string of the molecule is CCC(C)C1N=C(C(=O)O)N(C(=O)N(C)C)N1SC. The van der Waals surface area contributed by atoms with Gasteiger partial charge in [0.25, 0.3) is 0 Å². The fraction of sp³-hybridized carbons (Fsp3) is 0.727. The quantitative estimate of drug-likeness (QED) is 0.790. The summed E-state index contributed by atoms with van der Waals surface area (Å²) in [4.78, 5) is 28.9. The zero-order valence-corrected chi connectivity index (χ0v) is 12.6. The standard InChI is InChI=1S/C11H20N4O3S/c1-6-7(2)8-12-9(10(16)17)14(15(8)19-5)11(18)13(3)4/h7-8H,6H2,1-5H3,(H,16,17). The minimum Gasteiger partial charge on any atom is -0.475 e. The summed E-state index contributed by atoms with van der Waals surface area (Å²) in [5.74, 6) is -1.26. The second-order valence-electron chi connectivity index (χ2n) is 4.53. The molecule has 7 nitrogen and oxygen atoms in total. The van der Waals surface area contributed by atoms with E-state index in [4.69, 9.17) is 0 Å². The molecule has 0 aliphatic carbocycles. The Morgan fingerprint density at radius 1 is 1.53 bits per heavy atom. The van der Waals surface area contributed by atoms with Crippen LogP contribution in [-0.2, 0) is 4.79 Å². The predicted octanol–water partition coefficient (Wildman–Crippen LogP) is 1.33. The lowest BCUT2D eigenvalue weighted by atomic mass is 10.1. The third-order valence-corrected chi connectivity index (χ3v) is 3.73. The van der Waals surface area contributed by atoms with Gasteiger partial charge in [-0.2, -0.15) is 5.01 Å². The van der Waals surface area contributed by atoms with Gasteiger partial charge in [0, 0.05) is 14.1 Å². The number of carboxylic acids is 1. The molecule has 2 unspecified atom stereocenters. The minimum absolute atomic E-state index is 0.154. The van der Waals surface area contributed by atoms with Crippen LogP contribution < -0.4 is 0 Å². The molecular formula is C11H20N4O3S. The monoisotopic (exact) mass is 288 g/mol. The number of carbonyl (C=O) groups excluding carboxylic acids is 1. The van der Waals surface area contributed by atoms with E-state index in [-0.39, 0.29) is 17.9 Å². The third kappa shape index (κ3) is 3.01. The number of hydrogen-bond donors (Lipinski definition) is 1. The molecule has 1 aliphatic rings. The fourth-order valence-corrected chi connectivity index (χ4v) is 2.48. The molecule has 0 radical (unpaired) electrons. The third-order valence-electron chi connectivity index (χ3n) is 2.97. The van der Waals surface area contributed by atoms with Crippen LogP contribution in [0.5, 0.6) is 0 Å². The van der Waals surface area contributed by atoms with Crippen molar-refractivity contribution < 1.29 is 14.7 Å². The summed E-state index contributed by atoms with van der Waals surface area (Å²) in [7, 11) is 3.16. The molecule has 1 aliphatic heterocycles. The Bertz CT molecular complexity index is 399. The van der Waals surface area contributed by atoms with Gasteiger partial charge in [0.1, 0.15) is 6.17 Å². The van der Waals surface area contributed by atoms with Crippen molar-refractivity contribution in [1.82, 2.24) is 14.3 Å². The van der Waals surface area contributed by atoms with Crippen LogP contribution in [0.4, 0.5) is 4.79 Å². The van der Waals surface area contributed by atoms with E-state index in [1.807, 2.05) is 13.8 Å². The summed E-state index contributed by atoms with van der Waals surface area (Å²) < 4.78 is 1.62. The second kappa shape index (κ2) is 6.25. The van der Waals surface area contributed by atoms with E-state index >= 15 is 0 Å². The van der Waals surface area contributed by atoms with Crippen molar-refractivity contribution in [2.24, 2.45) is 10.9 Å². The van der Waals surface area contributed by atoms with Gasteiger partial charge in [0.05, 0.1) is 0 Å². The Morgan fingerprint density at radius 3 is 2.47 bits per heavy atom. The van der Waals surface area contributed by atoms with Gasteiger partial charge in [-0.3, -0.25) is 0 Å². The molecule has 1 N–H and O–H groups in total. The highest BCUT2D eigenvalue weighted by molar-refractivity contribution is 7.96. The van der Waals surface area contributed by atoms with E-state index in [2.05, 4.69) is 4.99 Å². The Morgan fingerprint density at radius 2 is 2.11 bits per heavy atom. The van der Waals surface area contributed by atoms with Crippen LogP contribution in [0.1, 0.15) is 20.3 Å². The molecule has 0 aromatic rings. The van der Waals surface area contributed by atoms with E-state index in [0.717, 1.165) is 11.4 Å². The maximum atomic E-state index is 12.1. The first-order valence-electron chi connectivity index (χ1n) is 6.00. The molecule has 8 heteroatoms. The molecule has 1 rings (SSSR count). The molecule has 0 bridgehead atoms. The van der Waals surface area contributed by atoms with Gasteiger partial charge >= 0.3 is 12.0 Å². The number of urea groups is 1. The lowest BCUT2D eigenvalue weighted by Crippen LogP contribution is -2.51. The molecule has 0 spiro atoms. The number of nitrogens with zero attached hydrogens (tertiary/aromatic N) is 4. The molecule has 0 aromatic heterocycles. The Hall–Kier alpha value is -1.28. The first kappa shape index (κ1) is 15.8. The van der Waals surface area contributed by atoms with Crippen LogP contribution in [-0.4, -0.2) is 63.8 Å². The number of amides is 2. The van der Waals surface area contributed by atoms with Crippen molar-refractivity contribution >= 4 is 29.8 Å². The number of hydrogen-bond acceptors (Lipinski definition) is 5. The van der Waals surface area contributed by atoms with Crippen molar-refractivity contribution in [2.45, 2.75) is 26.4 Å². The number of rotatable bonds is 4. The average molecular weight is 288 g/mol. The van der Waals surface area contributed by atoms with Crippen molar-refractivity contribution in [3.05, 3.63) is 0 Å². The van der Waals surface area contributed by atoms with E-state index < -0.39 is 12.0 Å². The lowest BCUT2D eigenvalue weighted by Gasteiger charge is -2.32. The number of aliphatic carboxylic acids is 1. The largest absolute Gasteiger partial charge is 0.475 e. The first-order chi connectivity index (χ1) is 8.84. The number of aliphatic imine (C=N–C) groups is 1. The molecule has 19 heavy (non-hydrogen) atoms. The molecule has 1 heterocycles. The van der Waals surface area contributed by atoms with E-state index in [1.54, 1.807) is 24.8 Å². The lowest BCUT2D eigenvalue weighted by molar-refractivity contribution is -0.130. The molecule has 0 aromatic carbocycles. The van der Waals surface area contributed by atoms with Gasteiger partial charge in [-0.25, -0.2) is 14.6 Å². The number of hydrazine groups is 1. The van der Waals surface area contributed by atoms with Crippen LogP contribution in [0.25, 0.3) is 0 Å². The van der Waals surface area contributed by atoms with Crippen LogP contribution >= 0.6 is 11.9 Å². The molecule has 0 fully saturated rings. The number of amidine groups is 1. The smallest absolute Gasteiger partial charge is 0.373 e. The van der Waals surface area contributed by atoms with Gasteiger partial charge < -0.3 is 10.0 Å². The Kier molecular flexibility index (Phi) is 5.19. The second-order valence-corrected chi connectivity index (χ2v) is 5.27. The summed E-state index contributed by atoms with van der Waals surface area (Å²) in [6, 6.07) is -0.415.